The van der Waals surface area contributed by atoms with Crippen LogP contribution in [0.2, 0.25) is 0 Å². The summed E-state index contributed by atoms with van der Waals surface area (Å²) in [5.41, 5.74) is 1.75. The Balaban J connectivity index is 2.22. The van der Waals surface area contributed by atoms with Crippen LogP contribution in [-0.4, -0.2) is 15.8 Å². The van der Waals surface area contributed by atoms with Crippen LogP contribution in [0.3, 0.4) is 0 Å². The Bertz CT molecular complexity index is 733. The molecule has 0 radical (unpaired) electrons. The van der Waals surface area contributed by atoms with Crippen molar-refractivity contribution in [3.8, 4) is 5.75 Å². The number of allylic oxidation sites excluding steroid dienone is 1. The molecule has 0 spiro atoms. The number of carbonyl (C=O) groups excluding carboxylic acids is 1. The topological polar surface area (TPSA) is 80.4 Å². The molecule has 0 aliphatic rings. The number of carbonyl (C=O) groups is 1. The highest BCUT2D eigenvalue weighted by molar-refractivity contribution is 6.06. The number of hydrogen-bond acceptors (Lipinski definition) is 4. The largest absolute Gasteiger partial charge is 0.508 e. The molecule has 112 valence electrons. The van der Waals surface area contributed by atoms with E-state index >= 15 is 0 Å². The lowest BCUT2D eigenvalue weighted by atomic mass is 10.1. The van der Waals surface area contributed by atoms with E-state index in [4.69, 9.17) is 0 Å². The third-order valence-corrected chi connectivity index (χ3v) is 3.27. The number of nitro groups is 1. The van der Waals surface area contributed by atoms with E-state index in [0.717, 1.165) is 0 Å². The number of phenols is 1. The average molecular weight is 297 g/mol. The van der Waals surface area contributed by atoms with Gasteiger partial charge in [0.05, 0.1) is 4.92 Å². The second kappa shape index (κ2) is 6.67. The quantitative estimate of drug-likeness (QED) is 0.394. The first-order chi connectivity index (χ1) is 10.5. The molecule has 0 aliphatic carbocycles. The molecule has 2 rings (SSSR count). The Morgan fingerprint density at radius 2 is 1.91 bits per heavy atom. The van der Waals surface area contributed by atoms with Gasteiger partial charge in [-0.2, -0.15) is 0 Å². The fourth-order valence-electron chi connectivity index (χ4n) is 2.05. The highest BCUT2D eigenvalue weighted by atomic mass is 16.6. The molecule has 0 aliphatic heterocycles. The number of aryl methyl sites for hydroxylation is 1. The van der Waals surface area contributed by atoms with Crippen LogP contribution in [0.25, 0.3) is 6.08 Å². The molecule has 0 bridgehead atoms. The van der Waals surface area contributed by atoms with Crippen LogP contribution in [-0.2, 0) is 6.42 Å². The SMILES string of the molecule is CCc1ccc(C=CC(=O)c2ccc(O)cc2)cc1[N+](=O)[O-]. The molecule has 0 amide bonds. The minimum Gasteiger partial charge on any atom is -0.508 e. The molecule has 0 aromatic heterocycles. The molecule has 0 unspecified atom stereocenters. The fraction of sp³-hybridized carbons (Fsp3) is 0.118. The zero-order valence-corrected chi connectivity index (χ0v) is 12.0. The summed E-state index contributed by atoms with van der Waals surface area (Å²) in [5, 5.41) is 20.2. The standard InChI is InChI=1S/C17H15NO4/c1-2-13-5-3-12(11-16(13)18(21)22)4-10-17(20)14-6-8-15(19)9-7-14/h3-11,19H,2H2,1H3. The van der Waals surface area contributed by atoms with Gasteiger partial charge in [0.2, 0.25) is 0 Å². The van der Waals surface area contributed by atoms with E-state index in [-0.39, 0.29) is 17.2 Å². The van der Waals surface area contributed by atoms with Gasteiger partial charge in [0.1, 0.15) is 5.75 Å². The van der Waals surface area contributed by atoms with Gasteiger partial charge in [-0.1, -0.05) is 25.1 Å². The van der Waals surface area contributed by atoms with Crippen LogP contribution in [0.1, 0.15) is 28.4 Å². The van der Waals surface area contributed by atoms with E-state index in [2.05, 4.69) is 0 Å². The monoisotopic (exact) mass is 297 g/mol. The van der Waals surface area contributed by atoms with Crippen LogP contribution >= 0.6 is 0 Å². The van der Waals surface area contributed by atoms with Crippen LogP contribution in [0.4, 0.5) is 5.69 Å². The van der Waals surface area contributed by atoms with Gasteiger partial charge >= 0.3 is 0 Å². The van der Waals surface area contributed by atoms with E-state index in [1.165, 1.54) is 36.4 Å². The van der Waals surface area contributed by atoms with Crippen molar-refractivity contribution in [2.45, 2.75) is 13.3 Å². The lowest BCUT2D eigenvalue weighted by Crippen LogP contribution is -1.95. The highest BCUT2D eigenvalue weighted by Crippen LogP contribution is 2.21. The fourth-order valence-corrected chi connectivity index (χ4v) is 2.05. The maximum absolute atomic E-state index is 12.0. The zero-order chi connectivity index (χ0) is 16.1. The molecule has 2 aromatic rings. The minimum absolute atomic E-state index is 0.0572. The summed E-state index contributed by atoms with van der Waals surface area (Å²) < 4.78 is 0. The number of rotatable bonds is 5. The molecular formula is C17H15NO4. The molecule has 0 atom stereocenters. The molecule has 0 heterocycles. The molecule has 2 aromatic carbocycles. The maximum Gasteiger partial charge on any atom is 0.273 e. The summed E-state index contributed by atoms with van der Waals surface area (Å²) in [5.74, 6) is -0.145. The smallest absolute Gasteiger partial charge is 0.273 e. The van der Waals surface area contributed by atoms with Crippen molar-refractivity contribution >= 4 is 17.5 Å². The summed E-state index contributed by atoms with van der Waals surface area (Å²) in [6.07, 6.45) is 3.48. The second-order valence-corrected chi connectivity index (χ2v) is 4.74. The van der Waals surface area contributed by atoms with Crippen LogP contribution in [0.5, 0.6) is 5.75 Å². The van der Waals surface area contributed by atoms with Gasteiger partial charge in [-0.25, -0.2) is 0 Å². The van der Waals surface area contributed by atoms with Gasteiger partial charge < -0.3 is 5.11 Å². The Morgan fingerprint density at radius 1 is 1.23 bits per heavy atom. The van der Waals surface area contributed by atoms with Gasteiger partial charge in [-0.3, -0.25) is 14.9 Å². The number of nitrogens with zero attached hydrogens (tertiary/aromatic N) is 1. The van der Waals surface area contributed by atoms with Gasteiger partial charge in [-0.05, 0) is 42.3 Å². The van der Waals surface area contributed by atoms with Crippen LogP contribution < -0.4 is 0 Å². The van der Waals surface area contributed by atoms with E-state index in [0.29, 0.717) is 23.1 Å². The molecule has 1 N–H and O–H groups in total. The maximum atomic E-state index is 12.0. The van der Waals surface area contributed by atoms with E-state index in [9.17, 15) is 20.0 Å². The Hall–Kier alpha value is -2.95. The summed E-state index contributed by atoms with van der Waals surface area (Å²) in [6, 6.07) is 10.8. The number of ketones is 1. The van der Waals surface area contributed by atoms with Crippen LogP contribution in [0, 0.1) is 10.1 Å². The predicted octanol–water partition coefficient (Wildman–Crippen LogP) is 3.76. The summed E-state index contributed by atoms with van der Waals surface area (Å²) >= 11 is 0. The Morgan fingerprint density at radius 3 is 2.50 bits per heavy atom. The first-order valence-corrected chi connectivity index (χ1v) is 6.80. The Labute approximate surface area is 127 Å². The van der Waals surface area contributed by atoms with Crippen LogP contribution in [0.15, 0.2) is 48.5 Å². The summed E-state index contributed by atoms with van der Waals surface area (Å²) in [4.78, 5) is 22.6. The van der Waals surface area contributed by atoms with Crippen molar-refractivity contribution in [1.82, 2.24) is 0 Å². The summed E-state index contributed by atoms with van der Waals surface area (Å²) in [6.45, 7) is 1.85. The first kappa shape index (κ1) is 15.4. The van der Waals surface area contributed by atoms with Gasteiger partial charge in [0, 0.05) is 17.2 Å². The van der Waals surface area contributed by atoms with E-state index < -0.39 is 4.92 Å². The zero-order valence-electron chi connectivity index (χ0n) is 12.0. The normalized spacial score (nSPS) is 10.8. The molecular weight excluding hydrogens is 282 g/mol. The molecule has 0 fully saturated rings. The van der Waals surface area contributed by atoms with Crippen molar-refractivity contribution < 1.29 is 14.8 Å². The first-order valence-electron chi connectivity index (χ1n) is 6.80. The van der Waals surface area contributed by atoms with Crippen molar-refractivity contribution in [3.05, 3.63) is 75.3 Å². The lowest BCUT2D eigenvalue weighted by Gasteiger charge is -2.01. The average Bonchev–Trinajstić information content (AvgIpc) is 2.53. The number of benzene rings is 2. The lowest BCUT2D eigenvalue weighted by molar-refractivity contribution is -0.385. The molecule has 5 heteroatoms. The van der Waals surface area contributed by atoms with Crippen molar-refractivity contribution in [1.29, 1.82) is 0 Å². The molecule has 22 heavy (non-hydrogen) atoms. The highest BCUT2D eigenvalue weighted by Gasteiger charge is 2.12. The molecule has 0 saturated carbocycles. The summed E-state index contributed by atoms with van der Waals surface area (Å²) in [7, 11) is 0. The number of aromatic hydroxyl groups is 1. The van der Waals surface area contributed by atoms with Gasteiger partial charge in [0.25, 0.3) is 5.69 Å². The van der Waals surface area contributed by atoms with E-state index in [1.807, 2.05) is 6.92 Å². The number of nitro benzene ring substituents is 1. The van der Waals surface area contributed by atoms with Crippen molar-refractivity contribution in [2.24, 2.45) is 0 Å². The van der Waals surface area contributed by atoms with Crippen molar-refractivity contribution in [2.75, 3.05) is 0 Å². The van der Waals surface area contributed by atoms with Crippen molar-refractivity contribution in [3.63, 3.8) is 0 Å². The predicted molar refractivity (Wildman–Crippen MR) is 83.9 cm³/mol. The molecule has 0 saturated heterocycles. The third kappa shape index (κ3) is 3.58. The van der Waals surface area contributed by atoms with Gasteiger partial charge in [0.15, 0.2) is 5.78 Å². The van der Waals surface area contributed by atoms with Gasteiger partial charge in [-0.15, -0.1) is 0 Å². The van der Waals surface area contributed by atoms with E-state index in [1.54, 1.807) is 18.2 Å². The second-order valence-electron chi connectivity index (χ2n) is 4.74. The number of hydrogen-bond donors (Lipinski definition) is 1. The number of phenolic OH excluding ortho intramolecular Hbond substituents is 1. The Kier molecular flexibility index (Phi) is 4.68. The molecule has 5 nitrogen and oxygen atoms in total. The third-order valence-electron chi connectivity index (χ3n) is 3.27. The minimum atomic E-state index is -0.419.